The summed E-state index contributed by atoms with van der Waals surface area (Å²) in [5.74, 6) is 0.0769. The Labute approximate surface area is 149 Å². The van der Waals surface area contributed by atoms with Gasteiger partial charge in [-0.3, -0.25) is 9.48 Å². The van der Waals surface area contributed by atoms with E-state index in [9.17, 15) is 4.79 Å². The second-order valence-corrected chi connectivity index (χ2v) is 7.75. The first-order chi connectivity index (χ1) is 11.7. The Morgan fingerprint density at radius 2 is 2.04 bits per heavy atom. The van der Waals surface area contributed by atoms with Gasteiger partial charge in [0.1, 0.15) is 0 Å². The summed E-state index contributed by atoms with van der Waals surface area (Å²) in [6.07, 6.45) is 2.02. The molecule has 2 aromatic heterocycles. The molecule has 6 heteroatoms. The highest BCUT2D eigenvalue weighted by Crippen LogP contribution is 2.27. The maximum absolute atomic E-state index is 12.3. The molecular formula is C19H28N4O2. The summed E-state index contributed by atoms with van der Waals surface area (Å²) >= 11 is 0. The van der Waals surface area contributed by atoms with Crippen LogP contribution < -0.4 is 5.32 Å². The topological polar surface area (TPSA) is 69.0 Å². The Hall–Kier alpha value is -1.95. The SMILES string of the molecule is Cc1nc2c(c(C)nn2C)c(C)c1CCC(=O)NC1COC(C)(C)C1. The normalized spacial score (nSPS) is 19.5. The summed E-state index contributed by atoms with van der Waals surface area (Å²) in [6.45, 7) is 10.8. The smallest absolute Gasteiger partial charge is 0.220 e. The first kappa shape index (κ1) is 17.9. The van der Waals surface area contributed by atoms with Gasteiger partial charge in [0.05, 0.1) is 23.9 Å². The Bertz CT molecular complexity index is 823. The van der Waals surface area contributed by atoms with Crippen molar-refractivity contribution in [2.75, 3.05) is 6.61 Å². The van der Waals surface area contributed by atoms with Crippen LogP contribution in [-0.4, -0.2) is 38.9 Å². The summed E-state index contributed by atoms with van der Waals surface area (Å²) in [5.41, 5.74) is 5.07. The van der Waals surface area contributed by atoms with Crippen molar-refractivity contribution in [1.82, 2.24) is 20.1 Å². The molecule has 3 rings (SSSR count). The van der Waals surface area contributed by atoms with Crippen LogP contribution in [0.2, 0.25) is 0 Å². The van der Waals surface area contributed by atoms with Crippen LogP contribution in [0.3, 0.4) is 0 Å². The van der Waals surface area contributed by atoms with Gasteiger partial charge in [0.2, 0.25) is 5.91 Å². The summed E-state index contributed by atoms with van der Waals surface area (Å²) in [5, 5.41) is 8.67. The van der Waals surface area contributed by atoms with Crippen molar-refractivity contribution in [2.45, 2.75) is 65.5 Å². The number of nitrogens with one attached hydrogen (secondary N) is 1. The average Bonchev–Trinajstić information content (AvgIpc) is 2.98. The van der Waals surface area contributed by atoms with Gasteiger partial charge in [-0.25, -0.2) is 4.98 Å². The number of amides is 1. The first-order valence-electron chi connectivity index (χ1n) is 8.90. The van der Waals surface area contributed by atoms with E-state index in [0.717, 1.165) is 34.4 Å². The number of carbonyl (C=O) groups excluding carboxylic acids is 1. The van der Waals surface area contributed by atoms with Crippen LogP contribution in [0.15, 0.2) is 0 Å². The zero-order valence-electron chi connectivity index (χ0n) is 16.1. The van der Waals surface area contributed by atoms with Crippen LogP contribution in [0.1, 0.15) is 49.2 Å². The van der Waals surface area contributed by atoms with E-state index in [1.54, 1.807) is 0 Å². The Balaban J connectivity index is 1.71. The fourth-order valence-corrected chi connectivity index (χ4v) is 3.90. The third kappa shape index (κ3) is 3.54. The number of aryl methyl sites for hydroxylation is 4. The number of hydrogen-bond donors (Lipinski definition) is 1. The van der Waals surface area contributed by atoms with Gasteiger partial charge in [-0.2, -0.15) is 5.10 Å². The molecule has 2 aromatic rings. The highest BCUT2D eigenvalue weighted by molar-refractivity contribution is 5.84. The van der Waals surface area contributed by atoms with Gasteiger partial charge < -0.3 is 10.1 Å². The van der Waals surface area contributed by atoms with Crippen LogP contribution in [0, 0.1) is 20.8 Å². The monoisotopic (exact) mass is 344 g/mol. The van der Waals surface area contributed by atoms with E-state index >= 15 is 0 Å². The van der Waals surface area contributed by atoms with Crippen molar-refractivity contribution < 1.29 is 9.53 Å². The fraction of sp³-hybridized carbons (Fsp3) is 0.632. The first-order valence-corrected chi connectivity index (χ1v) is 8.90. The molecule has 136 valence electrons. The van der Waals surface area contributed by atoms with Crippen LogP contribution in [0.5, 0.6) is 0 Å². The number of carbonyl (C=O) groups is 1. The van der Waals surface area contributed by atoms with E-state index in [-0.39, 0.29) is 17.6 Å². The van der Waals surface area contributed by atoms with Crippen LogP contribution in [0.25, 0.3) is 11.0 Å². The lowest BCUT2D eigenvalue weighted by molar-refractivity contribution is -0.121. The molecule has 0 aliphatic carbocycles. The molecule has 1 N–H and O–H groups in total. The minimum Gasteiger partial charge on any atom is -0.373 e. The van der Waals surface area contributed by atoms with Crippen LogP contribution >= 0.6 is 0 Å². The molecule has 0 bridgehead atoms. The lowest BCUT2D eigenvalue weighted by atomic mass is 9.99. The zero-order chi connectivity index (χ0) is 18.4. The van der Waals surface area contributed by atoms with E-state index in [1.807, 2.05) is 25.6 Å². The molecule has 0 spiro atoms. The molecule has 0 aromatic carbocycles. The Morgan fingerprint density at radius 3 is 2.68 bits per heavy atom. The van der Waals surface area contributed by atoms with Crippen LogP contribution in [0.4, 0.5) is 0 Å². The van der Waals surface area contributed by atoms with Crippen molar-refractivity contribution in [2.24, 2.45) is 7.05 Å². The number of hydrogen-bond acceptors (Lipinski definition) is 4. The van der Waals surface area contributed by atoms with Gasteiger partial charge in [0.15, 0.2) is 5.65 Å². The molecule has 1 unspecified atom stereocenters. The van der Waals surface area contributed by atoms with Gasteiger partial charge in [0.25, 0.3) is 0 Å². The summed E-state index contributed by atoms with van der Waals surface area (Å²) in [4.78, 5) is 17.0. The summed E-state index contributed by atoms with van der Waals surface area (Å²) < 4.78 is 7.51. The number of fused-ring (bicyclic) bond motifs is 1. The second-order valence-electron chi connectivity index (χ2n) is 7.75. The zero-order valence-corrected chi connectivity index (χ0v) is 16.1. The lowest BCUT2D eigenvalue weighted by Gasteiger charge is -2.16. The molecule has 1 aliphatic rings. The van der Waals surface area contributed by atoms with Crippen molar-refractivity contribution in [3.63, 3.8) is 0 Å². The van der Waals surface area contributed by atoms with Crippen molar-refractivity contribution >= 4 is 16.9 Å². The molecule has 1 fully saturated rings. The van der Waals surface area contributed by atoms with Gasteiger partial charge in [-0.05, 0) is 58.6 Å². The molecule has 1 atom stereocenters. The highest BCUT2D eigenvalue weighted by Gasteiger charge is 2.32. The minimum atomic E-state index is -0.141. The van der Waals surface area contributed by atoms with Gasteiger partial charge >= 0.3 is 0 Å². The van der Waals surface area contributed by atoms with Crippen molar-refractivity contribution in [1.29, 1.82) is 0 Å². The van der Waals surface area contributed by atoms with Gasteiger partial charge in [0, 0.05) is 24.5 Å². The largest absolute Gasteiger partial charge is 0.373 e. The molecular weight excluding hydrogens is 316 g/mol. The molecule has 1 aliphatic heterocycles. The number of ether oxygens (including phenoxy) is 1. The molecule has 0 radical (unpaired) electrons. The van der Waals surface area contributed by atoms with Crippen LogP contribution in [-0.2, 0) is 23.0 Å². The molecule has 1 saturated heterocycles. The standard InChI is InChI=1S/C19H28N4O2/c1-11-15(12(2)20-18-17(11)13(3)22-23(18)6)7-8-16(24)21-14-9-19(4,5)25-10-14/h14H,7-10H2,1-6H3,(H,21,24). The Morgan fingerprint density at radius 1 is 1.32 bits per heavy atom. The number of pyridine rings is 1. The third-order valence-electron chi connectivity index (χ3n) is 5.11. The van der Waals surface area contributed by atoms with Crippen molar-refractivity contribution in [3.8, 4) is 0 Å². The molecule has 6 nitrogen and oxygen atoms in total. The summed E-state index contributed by atoms with van der Waals surface area (Å²) in [7, 11) is 1.92. The van der Waals surface area contributed by atoms with Gasteiger partial charge in [-0.1, -0.05) is 0 Å². The number of nitrogens with zero attached hydrogens (tertiary/aromatic N) is 3. The van der Waals surface area contributed by atoms with E-state index < -0.39 is 0 Å². The lowest BCUT2D eigenvalue weighted by Crippen LogP contribution is -2.36. The molecule has 3 heterocycles. The van der Waals surface area contributed by atoms with E-state index in [1.165, 1.54) is 5.56 Å². The number of rotatable bonds is 4. The summed E-state index contributed by atoms with van der Waals surface area (Å²) in [6, 6.07) is 0.117. The maximum atomic E-state index is 12.3. The Kier molecular flexibility index (Phi) is 4.58. The second kappa shape index (κ2) is 6.41. The minimum absolute atomic E-state index is 0.0769. The van der Waals surface area contributed by atoms with E-state index in [4.69, 9.17) is 9.72 Å². The number of aromatic nitrogens is 3. The highest BCUT2D eigenvalue weighted by atomic mass is 16.5. The predicted octanol–water partition coefficient (Wildman–Crippen LogP) is 2.51. The third-order valence-corrected chi connectivity index (χ3v) is 5.11. The van der Waals surface area contributed by atoms with E-state index in [2.05, 4.69) is 31.2 Å². The fourth-order valence-electron chi connectivity index (χ4n) is 3.90. The quantitative estimate of drug-likeness (QED) is 0.925. The van der Waals surface area contributed by atoms with E-state index in [0.29, 0.717) is 19.4 Å². The predicted molar refractivity (Wildman–Crippen MR) is 97.6 cm³/mol. The maximum Gasteiger partial charge on any atom is 0.220 e. The molecule has 25 heavy (non-hydrogen) atoms. The molecule has 1 amide bonds. The van der Waals surface area contributed by atoms with Crippen molar-refractivity contribution in [3.05, 3.63) is 22.5 Å². The molecule has 0 saturated carbocycles. The van der Waals surface area contributed by atoms with Gasteiger partial charge in [-0.15, -0.1) is 0 Å². The average molecular weight is 344 g/mol.